The number of fused-ring (bicyclic) bond motifs is 1. The van der Waals surface area contributed by atoms with Crippen LogP contribution < -0.4 is 15.4 Å². The van der Waals surface area contributed by atoms with Crippen molar-refractivity contribution in [3.05, 3.63) is 84.2 Å². The molecule has 0 atom stereocenters. The van der Waals surface area contributed by atoms with Crippen LogP contribution in [0, 0.1) is 0 Å². The zero-order valence-electron chi connectivity index (χ0n) is 17.1. The molecule has 0 unspecified atom stereocenters. The lowest BCUT2D eigenvalue weighted by molar-refractivity contribution is 0.262. The SMILES string of the molecule is COc1ccccc1NC(=O)Nc1cccc(CCc2nc3ccccc3n2C)c1. The number of hydrogen-bond acceptors (Lipinski definition) is 3. The van der Waals surface area contributed by atoms with Gasteiger partial charge in [0.05, 0.1) is 23.8 Å². The Bertz CT molecular complexity index is 1180. The largest absolute Gasteiger partial charge is 0.495 e. The van der Waals surface area contributed by atoms with E-state index in [1.54, 1.807) is 19.2 Å². The van der Waals surface area contributed by atoms with Crippen molar-refractivity contribution in [2.75, 3.05) is 17.7 Å². The number of carbonyl (C=O) groups excluding carboxylic acids is 1. The van der Waals surface area contributed by atoms with Crippen molar-refractivity contribution >= 4 is 28.4 Å². The Kier molecular flexibility index (Phi) is 5.66. The Morgan fingerprint density at radius 2 is 1.77 bits per heavy atom. The number of rotatable bonds is 6. The zero-order chi connectivity index (χ0) is 20.9. The lowest BCUT2D eigenvalue weighted by atomic mass is 10.1. The number of carbonyl (C=O) groups is 1. The summed E-state index contributed by atoms with van der Waals surface area (Å²) in [7, 11) is 3.62. The van der Waals surface area contributed by atoms with Gasteiger partial charge < -0.3 is 19.9 Å². The molecule has 0 saturated carbocycles. The molecule has 0 aliphatic heterocycles. The van der Waals surface area contributed by atoms with Crippen molar-refractivity contribution < 1.29 is 9.53 Å². The van der Waals surface area contributed by atoms with E-state index in [0.29, 0.717) is 11.4 Å². The molecule has 2 amide bonds. The molecular formula is C24H24N4O2. The van der Waals surface area contributed by atoms with Crippen LogP contribution in [0.25, 0.3) is 11.0 Å². The molecule has 4 aromatic rings. The van der Waals surface area contributed by atoms with Gasteiger partial charge in [0.1, 0.15) is 11.6 Å². The number of para-hydroxylation sites is 4. The molecule has 3 aromatic carbocycles. The van der Waals surface area contributed by atoms with Crippen molar-refractivity contribution in [3.63, 3.8) is 0 Å². The van der Waals surface area contributed by atoms with E-state index in [0.717, 1.165) is 41.0 Å². The molecule has 6 nitrogen and oxygen atoms in total. The van der Waals surface area contributed by atoms with Crippen LogP contribution in [0.3, 0.4) is 0 Å². The molecule has 6 heteroatoms. The van der Waals surface area contributed by atoms with E-state index in [1.807, 2.05) is 55.6 Å². The van der Waals surface area contributed by atoms with Crippen molar-refractivity contribution in [1.82, 2.24) is 9.55 Å². The highest BCUT2D eigenvalue weighted by molar-refractivity contribution is 6.00. The van der Waals surface area contributed by atoms with E-state index >= 15 is 0 Å². The van der Waals surface area contributed by atoms with Gasteiger partial charge in [0.15, 0.2) is 0 Å². The summed E-state index contributed by atoms with van der Waals surface area (Å²) in [6.07, 6.45) is 1.66. The van der Waals surface area contributed by atoms with Gasteiger partial charge in [-0.05, 0) is 48.4 Å². The molecule has 0 radical (unpaired) electrons. The fourth-order valence-corrected chi connectivity index (χ4v) is 3.51. The van der Waals surface area contributed by atoms with Gasteiger partial charge >= 0.3 is 6.03 Å². The summed E-state index contributed by atoms with van der Waals surface area (Å²) < 4.78 is 7.41. The van der Waals surface area contributed by atoms with E-state index in [2.05, 4.69) is 27.3 Å². The van der Waals surface area contributed by atoms with Gasteiger partial charge in [-0.15, -0.1) is 0 Å². The standard InChI is InChI=1S/C24H24N4O2/c1-28-21-12-5-3-10-19(21)26-23(28)15-14-17-8-7-9-18(16-17)25-24(29)27-20-11-4-6-13-22(20)30-2/h3-13,16H,14-15H2,1-2H3,(H2,25,27,29). The number of urea groups is 1. The Hall–Kier alpha value is -3.80. The minimum absolute atomic E-state index is 0.313. The molecule has 1 heterocycles. The average molecular weight is 400 g/mol. The maximum atomic E-state index is 12.4. The Labute approximate surface area is 175 Å². The van der Waals surface area contributed by atoms with Gasteiger partial charge in [-0.2, -0.15) is 0 Å². The highest BCUT2D eigenvalue weighted by Crippen LogP contribution is 2.23. The normalized spacial score (nSPS) is 10.7. The van der Waals surface area contributed by atoms with E-state index in [-0.39, 0.29) is 6.03 Å². The third kappa shape index (κ3) is 4.27. The number of aryl methyl sites for hydroxylation is 3. The first kappa shape index (κ1) is 19.5. The number of benzene rings is 3. The Morgan fingerprint density at radius 3 is 2.60 bits per heavy atom. The minimum Gasteiger partial charge on any atom is -0.495 e. The zero-order valence-corrected chi connectivity index (χ0v) is 17.1. The number of nitrogens with one attached hydrogen (secondary N) is 2. The molecule has 4 rings (SSSR count). The molecule has 0 saturated heterocycles. The molecule has 0 aliphatic carbocycles. The lowest BCUT2D eigenvalue weighted by Crippen LogP contribution is -2.19. The van der Waals surface area contributed by atoms with Crippen molar-refractivity contribution in [2.45, 2.75) is 12.8 Å². The van der Waals surface area contributed by atoms with Crippen molar-refractivity contribution in [2.24, 2.45) is 7.05 Å². The molecular weight excluding hydrogens is 376 g/mol. The predicted octanol–water partition coefficient (Wildman–Crippen LogP) is 5.01. The summed E-state index contributed by atoms with van der Waals surface area (Å²) in [5.41, 5.74) is 4.65. The number of aromatic nitrogens is 2. The second kappa shape index (κ2) is 8.69. The molecule has 0 bridgehead atoms. The van der Waals surface area contributed by atoms with Crippen molar-refractivity contribution in [3.8, 4) is 5.75 Å². The first-order valence-corrected chi connectivity index (χ1v) is 9.84. The molecule has 2 N–H and O–H groups in total. The van der Waals surface area contributed by atoms with Gasteiger partial charge in [-0.1, -0.05) is 36.4 Å². The number of nitrogens with zero attached hydrogens (tertiary/aromatic N) is 2. The smallest absolute Gasteiger partial charge is 0.323 e. The molecule has 1 aromatic heterocycles. The van der Waals surface area contributed by atoms with Crippen LogP contribution in [0.15, 0.2) is 72.8 Å². The average Bonchev–Trinajstić information content (AvgIpc) is 3.09. The summed E-state index contributed by atoms with van der Waals surface area (Å²) >= 11 is 0. The van der Waals surface area contributed by atoms with Gasteiger partial charge in [-0.25, -0.2) is 9.78 Å². The minimum atomic E-state index is -0.313. The van der Waals surface area contributed by atoms with Crippen LogP contribution in [0.5, 0.6) is 5.75 Å². The third-order valence-corrected chi connectivity index (χ3v) is 5.06. The second-order valence-corrected chi connectivity index (χ2v) is 7.06. The molecule has 0 aliphatic rings. The van der Waals surface area contributed by atoms with E-state index in [1.165, 1.54) is 0 Å². The third-order valence-electron chi connectivity index (χ3n) is 5.06. The van der Waals surface area contributed by atoms with Crippen LogP contribution in [0.4, 0.5) is 16.2 Å². The summed E-state index contributed by atoms with van der Waals surface area (Å²) in [6.45, 7) is 0. The van der Waals surface area contributed by atoms with Crippen LogP contribution in [-0.2, 0) is 19.9 Å². The van der Waals surface area contributed by atoms with E-state index in [9.17, 15) is 4.79 Å². The monoisotopic (exact) mass is 400 g/mol. The number of imidazole rings is 1. The molecule has 0 fully saturated rings. The summed E-state index contributed by atoms with van der Waals surface area (Å²) in [4.78, 5) is 17.1. The number of hydrogen-bond donors (Lipinski definition) is 2. The molecule has 30 heavy (non-hydrogen) atoms. The summed E-state index contributed by atoms with van der Waals surface area (Å²) in [6, 6.07) is 23.0. The number of methoxy groups -OCH3 is 1. The quantitative estimate of drug-likeness (QED) is 0.478. The van der Waals surface area contributed by atoms with Crippen LogP contribution >= 0.6 is 0 Å². The highest BCUT2D eigenvalue weighted by atomic mass is 16.5. The van der Waals surface area contributed by atoms with Crippen LogP contribution in [0.2, 0.25) is 0 Å². The fourth-order valence-electron chi connectivity index (χ4n) is 3.51. The van der Waals surface area contributed by atoms with E-state index < -0.39 is 0 Å². The summed E-state index contributed by atoms with van der Waals surface area (Å²) in [5.74, 6) is 1.66. The molecule has 152 valence electrons. The van der Waals surface area contributed by atoms with Gasteiger partial charge in [0.2, 0.25) is 0 Å². The first-order valence-electron chi connectivity index (χ1n) is 9.84. The summed E-state index contributed by atoms with van der Waals surface area (Å²) in [5, 5.41) is 5.71. The van der Waals surface area contributed by atoms with Crippen molar-refractivity contribution in [1.29, 1.82) is 0 Å². The first-order chi connectivity index (χ1) is 14.6. The Balaban J connectivity index is 1.41. The second-order valence-electron chi connectivity index (χ2n) is 7.06. The number of anilines is 2. The van der Waals surface area contributed by atoms with Gasteiger partial charge in [0, 0.05) is 19.2 Å². The fraction of sp³-hybridized carbons (Fsp3) is 0.167. The number of amides is 2. The lowest BCUT2D eigenvalue weighted by Gasteiger charge is -2.11. The van der Waals surface area contributed by atoms with Gasteiger partial charge in [0.25, 0.3) is 0 Å². The van der Waals surface area contributed by atoms with Crippen LogP contribution in [-0.4, -0.2) is 22.7 Å². The maximum Gasteiger partial charge on any atom is 0.323 e. The molecule has 0 spiro atoms. The highest BCUT2D eigenvalue weighted by Gasteiger charge is 2.09. The van der Waals surface area contributed by atoms with Gasteiger partial charge in [-0.3, -0.25) is 0 Å². The predicted molar refractivity (Wildman–Crippen MR) is 120 cm³/mol. The Morgan fingerprint density at radius 1 is 0.967 bits per heavy atom. The van der Waals surface area contributed by atoms with E-state index in [4.69, 9.17) is 9.72 Å². The number of ether oxygens (including phenoxy) is 1. The topological polar surface area (TPSA) is 68.2 Å². The van der Waals surface area contributed by atoms with Crippen LogP contribution in [0.1, 0.15) is 11.4 Å². The maximum absolute atomic E-state index is 12.4.